The van der Waals surface area contributed by atoms with E-state index in [-0.39, 0.29) is 0 Å². The van der Waals surface area contributed by atoms with E-state index in [9.17, 15) is 0 Å². The highest BCUT2D eigenvalue weighted by atomic mass is 16.5. The van der Waals surface area contributed by atoms with Gasteiger partial charge < -0.3 is 19.9 Å². The molecule has 0 amide bonds. The molecule has 7 nitrogen and oxygen atoms in total. The summed E-state index contributed by atoms with van der Waals surface area (Å²) in [5.74, 6) is 2.71. The molecule has 7 heteroatoms. The van der Waals surface area contributed by atoms with Gasteiger partial charge in [-0.25, -0.2) is 0 Å². The van der Waals surface area contributed by atoms with Gasteiger partial charge in [-0.05, 0) is 32.1 Å². The van der Waals surface area contributed by atoms with Crippen molar-refractivity contribution in [3.8, 4) is 0 Å². The van der Waals surface area contributed by atoms with Crippen LogP contribution in [-0.2, 0) is 17.7 Å². The van der Waals surface area contributed by atoms with E-state index in [1.165, 1.54) is 12.8 Å². The number of nitrogens with one attached hydrogen (secondary N) is 2. The zero-order valence-corrected chi connectivity index (χ0v) is 14.4. The molecule has 130 valence electrons. The smallest absolute Gasteiger partial charge is 0.191 e. The number of ether oxygens (including phenoxy) is 1. The molecule has 0 spiro atoms. The minimum Gasteiger partial charge on any atom is -0.381 e. The molecule has 0 radical (unpaired) electrons. The van der Waals surface area contributed by atoms with Gasteiger partial charge in [0.2, 0.25) is 0 Å². The van der Waals surface area contributed by atoms with Crippen molar-refractivity contribution < 1.29 is 4.74 Å². The number of nitrogens with zero attached hydrogens (tertiary/aromatic N) is 4. The standard InChI is InChI=1S/C16H30N6O/c1-3-15-21-20-13-22(15)10-9-19-16(17-4-2)18-8-5-11-23-12-14-6-7-14/h13-14H,3-12H2,1-2H3,(H2,17,18,19). The fourth-order valence-electron chi connectivity index (χ4n) is 2.27. The average Bonchev–Trinajstić information content (AvgIpc) is 3.27. The van der Waals surface area contributed by atoms with Crippen LogP contribution in [0.3, 0.4) is 0 Å². The van der Waals surface area contributed by atoms with Crippen LogP contribution in [0.4, 0.5) is 0 Å². The summed E-state index contributed by atoms with van der Waals surface area (Å²) in [6.45, 7) is 9.18. The number of aliphatic imine (C=N–C) groups is 1. The van der Waals surface area contributed by atoms with Gasteiger partial charge >= 0.3 is 0 Å². The van der Waals surface area contributed by atoms with Gasteiger partial charge in [0, 0.05) is 45.8 Å². The molecule has 0 aromatic carbocycles. The van der Waals surface area contributed by atoms with Crippen LogP contribution in [0.15, 0.2) is 11.3 Å². The Morgan fingerprint density at radius 3 is 3.00 bits per heavy atom. The van der Waals surface area contributed by atoms with Crippen LogP contribution in [0.25, 0.3) is 0 Å². The van der Waals surface area contributed by atoms with Crippen LogP contribution in [-0.4, -0.2) is 53.6 Å². The van der Waals surface area contributed by atoms with Crippen LogP contribution >= 0.6 is 0 Å². The van der Waals surface area contributed by atoms with E-state index in [1.807, 2.05) is 0 Å². The molecule has 1 saturated carbocycles. The first kappa shape index (κ1) is 17.7. The normalized spacial score (nSPS) is 15.0. The molecule has 1 aromatic heterocycles. The van der Waals surface area contributed by atoms with E-state index in [2.05, 4.69) is 44.2 Å². The number of aromatic nitrogens is 3. The predicted octanol–water partition coefficient (Wildman–Crippen LogP) is 1.21. The molecule has 23 heavy (non-hydrogen) atoms. The van der Waals surface area contributed by atoms with Crippen LogP contribution in [0, 0.1) is 5.92 Å². The fraction of sp³-hybridized carbons (Fsp3) is 0.812. The zero-order chi connectivity index (χ0) is 16.3. The first-order valence-electron chi connectivity index (χ1n) is 8.80. The molecular formula is C16H30N6O. The molecule has 1 fully saturated rings. The van der Waals surface area contributed by atoms with Crippen LogP contribution in [0.5, 0.6) is 0 Å². The van der Waals surface area contributed by atoms with Crippen molar-refractivity contribution >= 4 is 5.96 Å². The van der Waals surface area contributed by atoms with Gasteiger partial charge in [0.1, 0.15) is 12.2 Å². The molecule has 0 unspecified atom stereocenters. The maximum atomic E-state index is 5.63. The molecule has 0 saturated heterocycles. The lowest BCUT2D eigenvalue weighted by atomic mass is 10.4. The molecular weight excluding hydrogens is 292 g/mol. The second kappa shape index (κ2) is 10.2. The summed E-state index contributed by atoms with van der Waals surface area (Å²) >= 11 is 0. The number of hydrogen-bond acceptors (Lipinski definition) is 4. The Labute approximate surface area is 138 Å². The Morgan fingerprint density at radius 1 is 1.39 bits per heavy atom. The third-order valence-electron chi connectivity index (χ3n) is 3.77. The van der Waals surface area contributed by atoms with Gasteiger partial charge in [-0.1, -0.05) is 6.92 Å². The average molecular weight is 322 g/mol. The van der Waals surface area contributed by atoms with Crippen molar-refractivity contribution in [3.63, 3.8) is 0 Å². The number of guanidine groups is 1. The minimum atomic E-state index is 0.785. The molecule has 2 rings (SSSR count). The highest BCUT2D eigenvalue weighted by molar-refractivity contribution is 5.79. The first-order valence-corrected chi connectivity index (χ1v) is 8.80. The highest BCUT2D eigenvalue weighted by Gasteiger charge is 2.20. The van der Waals surface area contributed by atoms with Crippen LogP contribution in [0.1, 0.15) is 38.9 Å². The summed E-state index contributed by atoms with van der Waals surface area (Å²) < 4.78 is 7.70. The lowest BCUT2D eigenvalue weighted by Crippen LogP contribution is -2.39. The van der Waals surface area contributed by atoms with Crippen molar-refractivity contribution in [1.82, 2.24) is 25.4 Å². The van der Waals surface area contributed by atoms with Gasteiger partial charge in [0.15, 0.2) is 5.96 Å². The summed E-state index contributed by atoms with van der Waals surface area (Å²) in [5, 5.41) is 14.7. The topological polar surface area (TPSA) is 76.4 Å². The van der Waals surface area contributed by atoms with Gasteiger partial charge in [-0.15, -0.1) is 10.2 Å². The van der Waals surface area contributed by atoms with E-state index < -0.39 is 0 Å². The molecule has 1 aliphatic rings. The Morgan fingerprint density at radius 2 is 2.26 bits per heavy atom. The fourth-order valence-corrected chi connectivity index (χ4v) is 2.27. The molecule has 0 atom stereocenters. The van der Waals surface area contributed by atoms with Crippen LogP contribution < -0.4 is 10.6 Å². The lowest BCUT2D eigenvalue weighted by molar-refractivity contribution is 0.123. The molecule has 1 aromatic rings. The van der Waals surface area contributed by atoms with Crippen molar-refractivity contribution in [2.45, 2.75) is 46.1 Å². The van der Waals surface area contributed by atoms with E-state index in [4.69, 9.17) is 4.74 Å². The Kier molecular flexibility index (Phi) is 7.86. The monoisotopic (exact) mass is 322 g/mol. The summed E-state index contributed by atoms with van der Waals surface area (Å²) in [7, 11) is 0. The van der Waals surface area contributed by atoms with Crippen molar-refractivity contribution in [1.29, 1.82) is 0 Å². The Hall–Kier alpha value is -1.63. The maximum absolute atomic E-state index is 5.63. The van der Waals surface area contributed by atoms with Gasteiger partial charge in [-0.2, -0.15) is 0 Å². The molecule has 0 bridgehead atoms. The summed E-state index contributed by atoms with van der Waals surface area (Å²) in [6, 6.07) is 0. The van der Waals surface area contributed by atoms with Crippen molar-refractivity contribution in [2.75, 3.05) is 32.8 Å². The molecule has 1 aliphatic carbocycles. The van der Waals surface area contributed by atoms with Gasteiger partial charge in [0.25, 0.3) is 0 Å². The number of aryl methyl sites for hydroxylation is 1. The second-order valence-electron chi connectivity index (χ2n) is 5.85. The SMILES string of the molecule is CCNC(=NCCCOCC1CC1)NCCn1cnnc1CC. The van der Waals surface area contributed by atoms with Gasteiger partial charge in [-0.3, -0.25) is 4.99 Å². The van der Waals surface area contributed by atoms with E-state index in [0.29, 0.717) is 0 Å². The van der Waals surface area contributed by atoms with Gasteiger partial charge in [0.05, 0.1) is 0 Å². The quantitative estimate of drug-likeness (QED) is 0.364. The Balaban J connectivity index is 1.62. The predicted molar refractivity (Wildman–Crippen MR) is 91.5 cm³/mol. The van der Waals surface area contributed by atoms with E-state index >= 15 is 0 Å². The van der Waals surface area contributed by atoms with Crippen molar-refractivity contribution in [3.05, 3.63) is 12.2 Å². The number of hydrogen-bond donors (Lipinski definition) is 2. The second-order valence-corrected chi connectivity index (χ2v) is 5.85. The summed E-state index contributed by atoms with van der Waals surface area (Å²) in [5.41, 5.74) is 0. The zero-order valence-electron chi connectivity index (χ0n) is 14.4. The minimum absolute atomic E-state index is 0.785. The van der Waals surface area contributed by atoms with Crippen LogP contribution in [0.2, 0.25) is 0 Å². The molecule has 1 heterocycles. The third-order valence-corrected chi connectivity index (χ3v) is 3.77. The molecule has 0 aliphatic heterocycles. The Bertz CT molecular complexity index is 469. The maximum Gasteiger partial charge on any atom is 0.191 e. The van der Waals surface area contributed by atoms with E-state index in [1.54, 1.807) is 6.33 Å². The first-order chi connectivity index (χ1) is 11.3. The number of rotatable bonds is 11. The third kappa shape index (κ3) is 6.99. The lowest BCUT2D eigenvalue weighted by Gasteiger charge is -2.12. The van der Waals surface area contributed by atoms with Crippen molar-refractivity contribution in [2.24, 2.45) is 10.9 Å². The van der Waals surface area contributed by atoms with E-state index in [0.717, 1.165) is 69.9 Å². The highest BCUT2D eigenvalue weighted by Crippen LogP contribution is 2.28. The summed E-state index contributed by atoms with van der Waals surface area (Å²) in [6.07, 6.45) is 6.34. The largest absolute Gasteiger partial charge is 0.381 e. The summed E-state index contributed by atoms with van der Waals surface area (Å²) in [4.78, 5) is 4.58. The molecule has 2 N–H and O–H groups in total.